The normalized spacial score (nSPS) is 13.7. The third kappa shape index (κ3) is 5.09. The fourth-order valence-electron chi connectivity index (χ4n) is 3.65. The van der Waals surface area contributed by atoms with Crippen LogP contribution >= 0.6 is 0 Å². The second-order valence-corrected chi connectivity index (χ2v) is 7.27. The number of carbonyl (C=O) groups is 1. The smallest absolute Gasteiger partial charge is 0.257 e. The van der Waals surface area contributed by atoms with Crippen molar-refractivity contribution < 1.29 is 19.4 Å². The summed E-state index contributed by atoms with van der Waals surface area (Å²) in [4.78, 5) is 17.1. The second kappa shape index (κ2) is 9.89. The van der Waals surface area contributed by atoms with Crippen LogP contribution in [0.15, 0.2) is 78.9 Å². The third-order valence-electron chi connectivity index (χ3n) is 5.26. The molecule has 6 heteroatoms. The Labute approximate surface area is 182 Å². The molecule has 0 atom stereocenters. The SMILES string of the molecule is O=C(c1ccccc1OCCOc1ccccc1)N1CCN(c2ccccc2O)CC1. The minimum absolute atomic E-state index is 0.0449. The molecule has 6 nitrogen and oxygen atoms in total. The number of carbonyl (C=O) groups excluding carboxylic acids is 1. The summed E-state index contributed by atoms with van der Waals surface area (Å²) in [5, 5.41) is 10.1. The molecule has 3 aromatic carbocycles. The topological polar surface area (TPSA) is 62.2 Å². The first-order valence-corrected chi connectivity index (χ1v) is 10.4. The molecule has 1 heterocycles. The van der Waals surface area contributed by atoms with Gasteiger partial charge >= 0.3 is 0 Å². The first-order chi connectivity index (χ1) is 15.2. The Hall–Kier alpha value is -3.67. The number of nitrogens with zero attached hydrogens (tertiary/aromatic N) is 2. The summed E-state index contributed by atoms with van der Waals surface area (Å²) in [5.41, 5.74) is 1.36. The van der Waals surface area contributed by atoms with Crippen molar-refractivity contribution in [2.75, 3.05) is 44.3 Å². The highest BCUT2D eigenvalue weighted by Crippen LogP contribution is 2.28. The molecule has 1 aliphatic heterocycles. The van der Waals surface area contributed by atoms with Crippen LogP contribution in [0.1, 0.15) is 10.4 Å². The lowest BCUT2D eigenvalue weighted by atomic mass is 10.1. The molecule has 1 N–H and O–H groups in total. The Morgan fingerprint density at radius 3 is 2.19 bits per heavy atom. The highest BCUT2D eigenvalue weighted by Gasteiger charge is 2.25. The van der Waals surface area contributed by atoms with E-state index in [1.54, 1.807) is 18.2 Å². The molecule has 0 aliphatic carbocycles. The van der Waals surface area contributed by atoms with Crippen molar-refractivity contribution in [3.05, 3.63) is 84.4 Å². The van der Waals surface area contributed by atoms with E-state index in [9.17, 15) is 9.90 Å². The largest absolute Gasteiger partial charge is 0.506 e. The molecular formula is C25H26N2O4. The summed E-state index contributed by atoms with van der Waals surface area (Å²) < 4.78 is 11.5. The van der Waals surface area contributed by atoms with Gasteiger partial charge in [-0.25, -0.2) is 0 Å². The number of aromatic hydroxyl groups is 1. The minimum Gasteiger partial charge on any atom is -0.506 e. The number of phenolic OH excluding ortho intramolecular Hbond substituents is 1. The zero-order valence-corrected chi connectivity index (χ0v) is 17.3. The number of rotatable bonds is 7. The van der Waals surface area contributed by atoms with Crippen LogP contribution in [0.4, 0.5) is 5.69 Å². The van der Waals surface area contributed by atoms with E-state index in [-0.39, 0.29) is 11.7 Å². The van der Waals surface area contributed by atoms with Crippen molar-refractivity contribution in [3.63, 3.8) is 0 Å². The molecule has 1 fully saturated rings. The fourth-order valence-corrected chi connectivity index (χ4v) is 3.65. The van der Waals surface area contributed by atoms with Crippen LogP contribution in [0.3, 0.4) is 0 Å². The zero-order valence-electron chi connectivity index (χ0n) is 17.3. The molecule has 3 aromatic rings. The molecule has 0 aromatic heterocycles. The van der Waals surface area contributed by atoms with Gasteiger partial charge in [0.15, 0.2) is 0 Å². The Morgan fingerprint density at radius 1 is 0.774 bits per heavy atom. The first-order valence-electron chi connectivity index (χ1n) is 10.4. The quantitative estimate of drug-likeness (QED) is 0.591. The fraction of sp³-hybridized carbons (Fsp3) is 0.240. The lowest BCUT2D eigenvalue weighted by Crippen LogP contribution is -2.48. The first kappa shape index (κ1) is 20.6. The van der Waals surface area contributed by atoms with E-state index in [0.717, 1.165) is 11.4 Å². The van der Waals surface area contributed by atoms with Crippen LogP contribution in [0.2, 0.25) is 0 Å². The van der Waals surface area contributed by atoms with E-state index in [0.29, 0.717) is 50.7 Å². The van der Waals surface area contributed by atoms with Gasteiger partial charge < -0.3 is 24.4 Å². The van der Waals surface area contributed by atoms with Crippen LogP contribution in [-0.2, 0) is 0 Å². The summed E-state index contributed by atoms with van der Waals surface area (Å²) in [6.45, 7) is 3.23. The summed E-state index contributed by atoms with van der Waals surface area (Å²) >= 11 is 0. The van der Waals surface area contributed by atoms with Gasteiger partial charge in [0, 0.05) is 26.2 Å². The number of phenols is 1. The molecule has 1 saturated heterocycles. The second-order valence-electron chi connectivity index (χ2n) is 7.27. The maximum Gasteiger partial charge on any atom is 0.257 e. The van der Waals surface area contributed by atoms with E-state index >= 15 is 0 Å². The van der Waals surface area contributed by atoms with E-state index in [1.807, 2.05) is 65.6 Å². The molecule has 0 unspecified atom stereocenters. The van der Waals surface area contributed by atoms with Gasteiger partial charge in [-0.05, 0) is 36.4 Å². The molecule has 4 rings (SSSR count). The minimum atomic E-state index is -0.0449. The number of anilines is 1. The number of piperazine rings is 1. The van der Waals surface area contributed by atoms with Crippen LogP contribution in [0, 0.1) is 0 Å². The summed E-state index contributed by atoms with van der Waals surface area (Å²) in [5.74, 6) is 1.57. The molecule has 1 amide bonds. The van der Waals surface area contributed by atoms with Gasteiger partial charge in [0.05, 0.1) is 11.3 Å². The van der Waals surface area contributed by atoms with Crippen molar-refractivity contribution >= 4 is 11.6 Å². The van der Waals surface area contributed by atoms with E-state index in [2.05, 4.69) is 4.90 Å². The Bertz CT molecular complexity index is 1000. The molecule has 1 aliphatic rings. The van der Waals surface area contributed by atoms with Crippen molar-refractivity contribution in [3.8, 4) is 17.2 Å². The number of amides is 1. The van der Waals surface area contributed by atoms with Crippen LogP contribution in [0.25, 0.3) is 0 Å². The molecule has 31 heavy (non-hydrogen) atoms. The van der Waals surface area contributed by atoms with Crippen molar-refractivity contribution in [2.45, 2.75) is 0 Å². The van der Waals surface area contributed by atoms with Crippen molar-refractivity contribution in [1.29, 1.82) is 0 Å². The number of hydrogen-bond donors (Lipinski definition) is 1. The predicted molar refractivity (Wildman–Crippen MR) is 120 cm³/mol. The van der Waals surface area contributed by atoms with Gasteiger partial charge in [-0.3, -0.25) is 4.79 Å². The van der Waals surface area contributed by atoms with Crippen LogP contribution in [0.5, 0.6) is 17.2 Å². The lowest BCUT2D eigenvalue weighted by molar-refractivity contribution is 0.0741. The van der Waals surface area contributed by atoms with Gasteiger partial charge in [-0.1, -0.05) is 42.5 Å². The molecular weight excluding hydrogens is 392 g/mol. The molecule has 0 bridgehead atoms. The molecule has 0 spiro atoms. The van der Waals surface area contributed by atoms with E-state index in [1.165, 1.54) is 0 Å². The maximum atomic E-state index is 13.1. The molecule has 160 valence electrons. The van der Waals surface area contributed by atoms with E-state index < -0.39 is 0 Å². The average Bonchev–Trinajstić information content (AvgIpc) is 2.83. The van der Waals surface area contributed by atoms with Crippen molar-refractivity contribution in [1.82, 2.24) is 4.90 Å². The Balaban J connectivity index is 1.33. The average molecular weight is 418 g/mol. The van der Waals surface area contributed by atoms with E-state index in [4.69, 9.17) is 9.47 Å². The predicted octanol–water partition coefficient (Wildman–Crippen LogP) is 3.81. The Morgan fingerprint density at radius 2 is 1.42 bits per heavy atom. The lowest BCUT2D eigenvalue weighted by Gasteiger charge is -2.36. The number of para-hydroxylation sites is 4. The van der Waals surface area contributed by atoms with Gasteiger partial charge in [0.2, 0.25) is 0 Å². The number of benzene rings is 3. The van der Waals surface area contributed by atoms with Gasteiger partial charge in [0.25, 0.3) is 5.91 Å². The standard InChI is InChI=1S/C25H26N2O4/c28-23-12-6-5-11-22(23)26-14-16-27(17-15-26)25(29)21-10-4-7-13-24(21)31-19-18-30-20-8-2-1-3-9-20/h1-13,28H,14-19H2. The van der Waals surface area contributed by atoms with Crippen molar-refractivity contribution in [2.24, 2.45) is 0 Å². The Kier molecular flexibility index (Phi) is 6.57. The highest BCUT2D eigenvalue weighted by atomic mass is 16.5. The number of hydrogen-bond acceptors (Lipinski definition) is 5. The summed E-state index contributed by atoms with van der Waals surface area (Å²) in [6, 6.07) is 24.2. The third-order valence-corrected chi connectivity index (χ3v) is 5.26. The summed E-state index contributed by atoms with van der Waals surface area (Å²) in [7, 11) is 0. The van der Waals surface area contributed by atoms with Gasteiger partial charge in [0.1, 0.15) is 30.5 Å². The monoisotopic (exact) mass is 418 g/mol. The number of ether oxygens (including phenoxy) is 2. The van der Waals surface area contributed by atoms with Crippen LogP contribution < -0.4 is 14.4 Å². The van der Waals surface area contributed by atoms with Gasteiger partial charge in [-0.2, -0.15) is 0 Å². The molecule has 0 saturated carbocycles. The highest BCUT2D eigenvalue weighted by molar-refractivity contribution is 5.97. The van der Waals surface area contributed by atoms with Gasteiger partial charge in [-0.15, -0.1) is 0 Å². The van der Waals surface area contributed by atoms with Crippen LogP contribution in [-0.4, -0.2) is 55.3 Å². The zero-order chi connectivity index (χ0) is 21.5. The maximum absolute atomic E-state index is 13.1. The molecule has 0 radical (unpaired) electrons. The summed E-state index contributed by atoms with van der Waals surface area (Å²) in [6.07, 6.45) is 0.